The maximum absolute atomic E-state index is 12.0. The van der Waals surface area contributed by atoms with Gasteiger partial charge in [-0.2, -0.15) is 0 Å². The highest BCUT2D eigenvalue weighted by molar-refractivity contribution is 9.10. The Morgan fingerprint density at radius 1 is 1.29 bits per heavy atom. The first-order chi connectivity index (χ1) is 10.1. The van der Waals surface area contributed by atoms with Crippen LogP contribution in [0, 0.1) is 0 Å². The summed E-state index contributed by atoms with van der Waals surface area (Å²) in [6.07, 6.45) is -0.700. The highest BCUT2D eigenvalue weighted by atomic mass is 79.9. The number of carbonyl (C=O) groups excluding carboxylic acids is 1. The van der Waals surface area contributed by atoms with Crippen LogP contribution in [0.3, 0.4) is 0 Å². The first-order valence-corrected chi connectivity index (χ1v) is 8.87. The normalized spacial score (nSPS) is 12.5. The first kappa shape index (κ1) is 14.7. The molecule has 6 heteroatoms. The molecule has 0 aliphatic carbocycles. The smallest absolute Gasteiger partial charge is 0.261 e. The quantitative estimate of drug-likeness (QED) is 0.711. The van der Waals surface area contributed by atoms with E-state index < -0.39 is 6.10 Å². The van der Waals surface area contributed by atoms with Crippen LogP contribution in [0.25, 0.3) is 10.1 Å². The minimum absolute atomic E-state index is 0.163. The molecular weight excluding hydrogens is 370 g/mol. The van der Waals surface area contributed by atoms with Crippen LogP contribution in [0.5, 0.6) is 0 Å². The van der Waals surface area contributed by atoms with Gasteiger partial charge in [0.1, 0.15) is 0 Å². The molecule has 3 rings (SSSR count). The lowest BCUT2D eigenvalue weighted by Gasteiger charge is -2.11. The molecule has 0 spiro atoms. The molecule has 0 unspecified atom stereocenters. The van der Waals surface area contributed by atoms with Gasteiger partial charge in [0.25, 0.3) is 5.91 Å². The van der Waals surface area contributed by atoms with Gasteiger partial charge in [-0.25, -0.2) is 0 Å². The standard InChI is InChI=1S/C15H12BrNO2S2/c16-9-5-14(20-7-9)15(19)17-6-12(18)11-8-21-13-4-2-1-3-10(11)13/h1-5,7-8,12,18H,6H2,(H,17,19)/t12-/m0/s1. The Balaban J connectivity index is 1.69. The number of amides is 1. The van der Waals surface area contributed by atoms with Gasteiger partial charge < -0.3 is 10.4 Å². The van der Waals surface area contributed by atoms with Gasteiger partial charge >= 0.3 is 0 Å². The van der Waals surface area contributed by atoms with E-state index in [2.05, 4.69) is 21.2 Å². The lowest BCUT2D eigenvalue weighted by atomic mass is 10.1. The monoisotopic (exact) mass is 381 g/mol. The van der Waals surface area contributed by atoms with E-state index >= 15 is 0 Å². The minimum Gasteiger partial charge on any atom is -0.387 e. The van der Waals surface area contributed by atoms with Crippen LogP contribution in [-0.4, -0.2) is 17.6 Å². The summed E-state index contributed by atoms with van der Waals surface area (Å²) in [6, 6.07) is 9.71. The summed E-state index contributed by atoms with van der Waals surface area (Å²) in [7, 11) is 0. The molecule has 1 aromatic carbocycles. The van der Waals surface area contributed by atoms with Crippen molar-refractivity contribution in [1.29, 1.82) is 0 Å². The van der Waals surface area contributed by atoms with Crippen LogP contribution in [0.4, 0.5) is 0 Å². The number of halogens is 1. The molecule has 0 saturated carbocycles. The predicted molar refractivity (Wildman–Crippen MR) is 91.1 cm³/mol. The highest BCUT2D eigenvalue weighted by Gasteiger charge is 2.15. The zero-order valence-corrected chi connectivity index (χ0v) is 14.1. The average molecular weight is 382 g/mol. The summed E-state index contributed by atoms with van der Waals surface area (Å²) in [4.78, 5) is 12.6. The summed E-state index contributed by atoms with van der Waals surface area (Å²) in [5.41, 5.74) is 0.864. The Morgan fingerprint density at radius 2 is 2.10 bits per heavy atom. The molecule has 21 heavy (non-hydrogen) atoms. The van der Waals surface area contributed by atoms with E-state index in [-0.39, 0.29) is 12.5 Å². The molecule has 0 radical (unpaired) electrons. The lowest BCUT2D eigenvalue weighted by Crippen LogP contribution is -2.27. The van der Waals surface area contributed by atoms with Crippen LogP contribution in [0.1, 0.15) is 21.3 Å². The van der Waals surface area contributed by atoms with E-state index in [1.807, 2.05) is 35.0 Å². The van der Waals surface area contributed by atoms with Crippen molar-refractivity contribution in [2.75, 3.05) is 6.54 Å². The first-order valence-electron chi connectivity index (χ1n) is 6.31. The second-order valence-electron chi connectivity index (χ2n) is 4.54. The Kier molecular flexibility index (Phi) is 4.40. The highest BCUT2D eigenvalue weighted by Crippen LogP contribution is 2.30. The molecule has 3 aromatic rings. The topological polar surface area (TPSA) is 49.3 Å². The number of hydrogen-bond acceptors (Lipinski definition) is 4. The Morgan fingerprint density at radius 3 is 2.86 bits per heavy atom. The molecule has 2 heterocycles. The third-order valence-corrected chi connectivity index (χ3v) is 5.79. The molecule has 0 aliphatic rings. The van der Waals surface area contributed by atoms with E-state index in [4.69, 9.17) is 0 Å². The molecule has 0 bridgehead atoms. The van der Waals surface area contributed by atoms with Gasteiger partial charge in [0.05, 0.1) is 11.0 Å². The number of nitrogens with one attached hydrogen (secondary N) is 1. The van der Waals surface area contributed by atoms with E-state index in [9.17, 15) is 9.90 Å². The summed E-state index contributed by atoms with van der Waals surface area (Å²) < 4.78 is 2.03. The lowest BCUT2D eigenvalue weighted by molar-refractivity contribution is 0.0921. The molecule has 0 saturated heterocycles. The van der Waals surface area contributed by atoms with Crippen molar-refractivity contribution in [3.8, 4) is 0 Å². The van der Waals surface area contributed by atoms with Crippen molar-refractivity contribution in [2.45, 2.75) is 6.10 Å². The number of carbonyl (C=O) groups is 1. The number of thiophene rings is 2. The second kappa shape index (κ2) is 6.27. The average Bonchev–Trinajstić information content (AvgIpc) is 3.10. The van der Waals surface area contributed by atoms with Gasteiger partial charge in [-0.15, -0.1) is 22.7 Å². The number of rotatable bonds is 4. The minimum atomic E-state index is -0.700. The molecule has 2 N–H and O–H groups in total. The summed E-state index contributed by atoms with van der Waals surface area (Å²) in [5.74, 6) is -0.163. The van der Waals surface area contributed by atoms with Crippen molar-refractivity contribution >= 4 is 54.6 Å². The molecule has 3 nitrogen and oxygen atoms in total. The summed E-state index contributed by atoms with van der Waals surface area (Å²) >= 11 is 6.29. The third kappa shape index (κ3) is 3.18. The van der Waals surface area contributed by atoms with Gasteiger partial charge in [-0.05, 0) is 38.8 Å². The van der Waals surface area contributed by atoms with Crippen molar-refractivity contribution in [3.05, 3.63) is 56.0 Å². The fraction of sp³-hybridized carbons (Fsp3) is 0.133. The maximum Gasteiger partial charge on any atom is 0.261 e. The van der Waals surface area contributed by atoms with Crippen LogP contribution in [0.15, 0.2) is 45.6 Å². The van der Waals surface area contributed by atoms with Crippen molar-refractivity contribution in [1.82, 2.24) is 5.32 Å². The summed E-state index contributed by atoms with van der Waals surface area (Å²) in [6.45, 7) is 0.203. The predicted octanol–water partition coefficient (Wildman–Crippen LogP) is 4.19. The van der Waals surface area contributed by atoms with Crippen molar-refractivity contribution < 1.29 is 9.90 Å². The largest absolute Gasteiger partial charge is 0.387 e. The molecule has 0 aliphatic heterocycles. The fourth-order valence-electron chi connectivity index (χ4n) is 2.07. The summed E-state index contributed by atoms with van der Waals surface area (Å²) in [5, 5.41) is 17.9. The van der Waals surface area contributed by atoms with E-state index in [1.54, 1.807) is 17.4 Å². The fourth-order valence-corrected chi connectivity index (χ4v) is 4.43. The van der Waals surface area contributed by atoms with Crippen LogP contribution in [0.2, 0.25) is 0 Å². The number of hydrogen-bond donors (Lipinski definition) is 2. The van der Waals surface area contributed by atoms with E-state index in [1.165, 1.54) is 11.3 Å². The van der Waals surface area contributed by atoms with Crippen LogP contribution < -0.4 is 5.32 Å². The molecule has 108 valence electrons. The number of aliphatic hydroxyl groups is 1. The molecular formula is C15H12BrNO2S2. The van der Waals surface area contributed by atoms with Gasteiger partial charge in [0, 0.05) is 26.7 Å². The van der Waals surface area contributed by atoms with Crippen molar-refractivity contribution in [2.24, 2.45) is 0 Å². The maximum atomic E-state index is 12.0. The SMILES string of the molecule is O=C(NC[C@H](O)c1csc2ccccc12)c1cc(Br)cs1. The number of benzene rings is 1. The van der Waals surface area contributed by atoms with Crippen LogP contribution in [-0.2, 0) is 0 Å². The van der Waals surface area contributed by atoms with Gasteiger partial charge in [0.2, 0.25) is 0 Å². The van der Waals surface area contributed by atoms with Crippen LogP contribution >= 0.6 is 38.6 Å². The second-order valence-corrected chi connectivity index (χ2v) is 7.28. The van der Waals surface area contributed by atoms with Gasteiger partial charge in [0.15, 0.2) is 0 Å². The Bertz CT molecular complexity index is 781. The zero-order valence-electron chi connectivity index (χ0n) is 10.9. The Hall–Kier alpha value is -1.21. The third-order valence-electron chi connectivity index (χ3n) is 3.12. The molecule has 2 aromatic heterocycles. The van der Waals surface area contributed by atoms with Gasteiger partial charge in [-0.1, -0.05) is 18.2 Å². The molecule has 0 fully saturated rings. The number of aliphatic hydroxyl groups excluding tert-OH is 1. The van der Waals surface area contributed by atoms with Crippen molar-refractivity contribution in [3.63, 3.8) is 0 Å². The zero-order chi connectivity index (χ0) is 14.8. The Labute approximate surface area is 138 Å². The van der Waals surface area contributed by atoms with E-state index in [0.29, 0.717) is 4.88 Å². The molecule has 1 amide bonds. The number of fused-ring (bicyclic) bond motifs is 1. The molecule has 1 atom stereocenters. The van der Waals surface area contributed by atoms with E-state index in [0.717, 1.165) is 20.1 Å². The van der Waals surface area contributed by atoms with Gasteiger partial charge in [-0.3, -0.25) is 4.79 Å².